The lowest BCUT2D eigenvalue weighted by molar-refractivity contribution is 0.456. The van der Waals surface area contributed by atoms with E-state index in [-0.39, 0.29) is 5.92 Å². The number of nitrogens with one attached hydrogen (secondary N) is 1. The minimum Gasteiger partial charge on any atom is -0.391 e. The van der Waals surface area contributed by atoms with E-state index in [1.165, 1.54) is 0 Å². The monoisotopic (exact) mass is 268 g/mol. The fraction of sp³-hybridized carbons (Fsp3) is 0.125. The molecule has 20 heavy (non-hydrogen) atoms. The van der Waals surface area contributed by atoms with Gasteiger partial charge in [-0.3, -0.25) is 0 Å². The molecular weight excluding hydrogens is 252 g/mol. The van der Waals surface area contributed by atoms with Crippen LogP contribution in [-0.2, 0) is 0 Å². The fourth-order valence-corrected chi connectivity index (χ4v) is 1.91. The first kappa shape index (κ1) is 13.8. The summed E-state index contributed by atoms with van der Waals surface area (Å²) in [6.07, 6.45) is 7.61. The molecule has 1 aromatic heterocycles. The molecule has 1 N–H and O–H groups in total. The van der Waals surface area contributed by atoms with Crippen LogP contribution in [0.3, 0.4) is 0 Å². The highest BCUT2D eigenvalue weighted by Crippen LogP contribution is 2.29. The normalized spacial score (nSPS) is 13.1. The Labute approximate surface area is 117 Å². The molecule has 102 valence electrons. The van der Waals surface area contributed by atoms with Gasteiger partial charge in [-0.25, -0.2) is 9.89 Å². The third-order valence-corrected chi connectivity index (χ3v) is 2.82. The lowest BCUT2D eigenvalue weighted by atomic mass is 9.91. The molecule has 0 saturated carbocycles. The van der Waals surface area contributed by atoms with Crippen LogP contribution in [0.1, 0.15) is 24.3 Å². The number of aromatic nitrogens is 2. The van der Waals surface area contributed by atoms with Gasteiger partial charge in [-0.2, -0.15) is 0 Å². The summed E-state index contributed by atoms with van der Waals surface area (Å²) in [4.78, 5) is 11.2. The van der Waals surface area contributed by atoms with Gasteiger partial charge in [-0.15, -0.1) is 5.10 Å². The predicted octanol–water partition coefficient (Wildman–Crippen LogP) is 3.18. The average molecular weight is 268 g/mol. The van der Waals surface area contributed by atoms with Gasteiger partial charge in [0, 0.05) is 0 Å². The summed E-state index contributed by atoms with van der Waals surface area (Å²) in [5.41, 5.74) is 1.77. The highest BCUT2D eigenvalue weighted by molar-refractivity contribution is 5.38. The van der Waals surface area contributed by atoms with E-state index in [2.05, 4.69) is 16.8 Å². The molecule has 0 saturated heterocycles. The molecule has 0 fully saturated rings. The van der Waals surface area contributed by atoms with Gasteiger partial charge in [0.15, 0.2) is 0 Å². The standard InChI is InChI=1S/C16H16N2O2/c1-3-4-6-9-12(2)14(13-10-7-5-8-11-13)15-17-18-16(19)20-15/h3-11,14H,2H2,1H3,(H,18,19)/b4-3-,9-6-. The summed E-state index contributed by atoms with van der Waals surface area (Å²) in [6, 6.07) is 9.69. The Bertz CT molecular complexity index is 678. The molecule has 1 unspecified atom stereocenters. The quantitative estimate of drug-likeness (QED) is 0.847. The van der Waals surface area contributed by atoms with Gasteiger partial charge < -0.3 is 4.42 Å². The van der Waals surface area contributed by atoms with Crippen molar-refractivity contribution >= 4 is 0 Å². The molecule has 0 aliphatic carbocycles. The molecule has 2 aromatic rings. The van der Waals surface area contributed by atoms with E-state index < -0.39 is 5.76 Å². The highest BCUT2D eigenvalue weighted by Gasteiger charge is 2.21. The molecule has 0 radical (unpaired) electrons. The zero-order valence-corrected chi connectivity index (χ0v) is 11.2. The van der Waals surface area contributed by atoms with E-state index in [0.29, 0.717) is 5.89 Å². The summed E-state index contributed by atoms with van der Waals surface area (Å²) in [5.74, 6) is -0.529. The van der Waals surface area contributed by atoms with Crippen molar-refractivity contribution in [1.82, 2.24) is 10.2 Å². The van der Waals surface area contributed by atoms with Crippen LogP contribution in [0, 0.1) is 0 Å². The van der Waals surface area contributed by atoms with Crippen molar-refractivity contribution in [3.05, 3.63) is 88.8 Å². The number of allylic oxidation sites excluding steroid dienone is 5. The van der Waals surface area contributed by atoms with E-state index in [1.807, 2.05) is 61.6 Å². The molecule has 0 amide bonds. The van der Waals surface area contributed by atoms with Gasteiger partial charge >= 0.3 is 5.76 Å². The second kappa shape index (κ2) is 6.52. The molecule has 0 aliphatic rings. The van der Waals surface area contributed by atoms with Gasteiger partial charge in [0.05, 0.1) is 5.92 Å². The SMILES string of the molecule is C=C(/C=C\C=C/C)C(c1ccccc1)c1n[nH]c(=O)o1. The Kier molecular flexibility index (Phi) is 4.50. The lowest BCUT2D eigenvalue weighted by Gasteiger charge is -2.13. The first-order chi connectivity index (χ1) is 9.72. The number of nitrogens with zero attached hydrogens (tertiary/aromatic N) is 1. The average Bonchev–Trinajstić information content (AvgIpc) is 2.87. The van der Waals surface area contributed by atoms with E-state index in [0.717, 1.165) is 11.1 Å². The maximum absolute atomic E-state index is 11.2. The van der Waals surface area contributed by atoms with Crippen LogP contribution < -0.4 is 5.76 Å². The van der Waals surface area contributed by atoms with Gasteiger partial charge in [-0.1, -0.05) is 61.2 Å². The number of hydrogen-bond donors (Lipinski definition) is 1. The van der Waals surface area contributed by atoms with E-state index in [4.69, 9.17) is 4.42 Å². The van der Waals surface area contributed by atoms with Crippen LogP contribution in [-0.4, -0.2) is 10.2 Å². The molecule has 4 nitrogen and oxygen atoms in total. The third kappa shape index (κ3) is 3.23. The van der Waals surface area contributed by atoms with Gasteiger partial charge in [0.2, 0.25) is 5.89 Å². The topological polar surface area (TPSA) is 58.9 Å². The van der Waals surface area contributed by atoms with E-state index >= 15 is 0 Å². The first-order valence-corrected chi connectivity index (χ1v) is 6.31. The zero-order valence-electron chi connectivity index (χ0n) is 11.2. The summed E-state index contributed by atoms with van der Waals surface area (Å²) in [7, 11) is 0. The maximum Gasteiger partial charge on any atom is 0.434 e. The molecule has 0 spiro atoms. The summed E-state index contributed by atoms with van der Waals surface area (Å²) >= 11 is 0. The molecule has 2 rings (SSSR count). The smallest absolute Gasteiger partial charge is 0.391 e. The van der Waals surface area contributed by atoms with Gasteiger partial charge in [-0.05, 0) is 18.1 Å². The number of aromatic amines is 1. The molecular formula is C16H16N2O2. The molecule has 0 bridgehead atoms. The summed E-state index contributed by atoms with van der Waals surface area (Å²) in [6.45, 7) is 5.99. The minimum absolute atomic E-state index is 0.281. The second-order valence-electron chi connectivity index (χ2n) is 4.25. The van der Waals surface area contributed by atoms with Crippen molar-refractivity contribution in [2.24, 2.45) is 0 Å². The first-order valence-electron chi connectivity index (χ1n) is 6.31. The molecule has 4 heteroatoms. The second-order valence-corrected chi connectivity index (χ2v) is 4.25. The third-order valence-electron chi connectivity index (χ3n) is 2.82. The summed E-state index contributed by atoms with van der Waals surface area (Å²) in [5, 5.41) is 6.21. The molecule has 1 heterocycles. The van der Waals surface area contributed by atoms with Crippen LogP contribution in [0.15, 0.2) is 76.0 Å². The van der Waals surface area contributed by atoms with Crippen LogP contribution in [0.25, 0.3) is 0 Å². The van der Waals surface area contributed by atoms with Crippen molar-refractivity contribution in [3.8, 4) is 0 Å². The van der Waals surface area contributed by atoms with Crippen LogP contribution >= 0.6 is 0 Å². The van der Waals surface area contributed by atoms with E-state index in [9.17, 15) is 4.79 Å². The predicted molar refractivity (Wildman–Crippen MR) is 78.5 cm³/mol. The van der Waals surface area contributed by atoms with Crippen molar-refractivity contribution in [2.45, 2.75) is 12.8 Å². The summed E-state index contributed by atoms with van der Waals surface area (Å²) < 4.78 is 5.09. The Morgan fingerprint density at radius 1 is 1.35 bits per heavy atom. The maximum atomic E-state index is 11.2. The van der Waals surface area contributed by atoms with Crippen LogP contribution in [0.5, 0.6) is 0 Å². The van der Waals surface area contributed by atoms with Crippen molar-refractivity contribution < 1.29 is 4.42 Å². The van der Waals surface area contributed by atoms with Crippen LogP contribution in [0.4, 0.5) is 0 Å². The molecule has 1 atom stereocenters. The van der Waals surface area contributed by atoms with Gasteiger partial charge in [0.25, 0.3) is 0 Å². The zero-order chi connectivity index (χ0) is 14.4. The van der Waals surface area contributed by atoms with Gasteiger partial charge in [0.1, 0.15) is 0 Å². The van der Waals surface area contributed by atoms with Crippen molar-refractivity contribution in [1.29, 1.82) is 0 Å². The molecule has 0 aliphatic heterocycles. The Hall–Kier alpha value is -2.62. The molecule has 1 aromatic carbocycles. The fourth-order valence-electron chi connectivity index (χ4n) is 1.91. The van der Waals surface area contributed by atoms with Crippen molar-refractivity contribution in [2.75, 3.05) is 0 Å². The Balaban J connectivity index is 2.39. The van der Waals surface area contributed by atoms with Crippen LogP contribution in [0.2, 0.25) is 0 Å². The highest BCUT2D eigenvalue weighted by atomic mass is 16.4. The van der Waals surface area contributed by atoms with Crippen molar-refractivity contribution in [3.63, 3.8) is 0 Å². The Morgan fingerprint density at radius 3 is 2.70 bits per heavy atom. The largest absolute Gasteiger partial charge is 0.434 e. The lowest BCUT2D eigenvalue weighted by Crippen LogP contribution is -2.03. The Morgan fingerprint density at radius 2 is 2.10 bits per heavy atom. The number of H-pyrrole nitrogens is 1. The number of hydrogen-bond acceptors (Lipinski definition) is 3. The minimum atomic E-state index is -0.564. The number of rotatable bonds is 5. The van der Waals surface area contributed by atoms with E-state index in [1.54, 1.807) is 0 Å². The number of benzene rings is 1.